The van der Waals surface area contributed by atoms with Crippen molar-refractivity contribution in [1.29, 1.82) is 0 Å². The maximum absolute atomic E-state index is 17.3. The van der Waals surface area contributed by atoms with Crippen LogP contribution in [0.15, 0.2) is 6.07 Å². The van der Waals surface area contributed by atoms with Gasteiger partial charge < -0.3 is 19.1 Å². The summed E-state index contributed by atoms with van der Waals surface area (Å²) in [6.45, 7) is 7.04. The first-order valence-electron chi connectivity index (χ1n) is 16.5. The Morgan fingerprint density at radius 1 is 1.09 bits per heavy atom. The first-order chi connectivity index (χ1) is 22.0. The lowest BCUT2D eigenvalue weighted by Gasteiger charge is -2.31. The Hall–Kier alpha value is -3.28. The van der Waals surface area contributed by atoms with Crippen molar-refractivity contribution in [3.05, 3.63) is 28.2 Å². The number of aryl methyl sites for hydroxylation is 1. The summed E-state index contributed by atoms with van der Waals surface area (Å²) in [6.07, 6.45) is 8.30. The van der Waals surface area contributed by atoms with Gasteiger partial charge in [-0.15, -0.1) is 0 Å². The van der Waals surface area contributed by atoms with Crippen molar-refractivity contribution in [2.45, 2.75) is 75.8 Å². The average Bonchev–Trinajstić information content (AvgIpc) is 3.64. The molecule has 0 bridgehead atoms. The molecule has 236 valence electrons. The average molecular weight is 634 g/mol. The molecule has 4 aromatic rings. The van der Waals surface area contributed by atoms with E-state index in [9.17, 15) is 0 Å². The lowest BCUT2D eigenvalue weighted by Crippen LogP contribution is -2.43. The Bertz CT molecular complexity index is 1820. The third-order valence-corrected chi connectivity index (χ3v) is 11.1. The van der Waals surface area contributed by atoms with Crippen LogP contribution in [0.2, 0.25) is 5.15 Å². The zero-order valence-electron chi connectivity index (χ0n) is 25.5. The summed E-state index contributed by atoms with van der Waals surface area (Å²) in [5, 5.41) is 8.89. The number of ether oxygens (including phenoxy) is 3. The molecule has 10 nitrogen and oxygen atoms in total. The SMILES string of the molecule is CC1CCCc2cc3n[nH]c(Cl)c3c(-c3nc4c5c(nc(OCC67CCCN6CCC7)nc5c3F)N3CCCOC[C@H]3CO4)c21. The van der Waals surface area contributed by atoms with Crippen LogP contribution in [0, 0.1) is 5.82 Å². The van der Waals surface area contributed by atoms with Crippen LogP contribution in [0.1, 0.15) is 68.9 Å². The maximum atomic E-state index is 17.3. The van der Waals surface area contributed by atoms with Crippen molar-refractivity contribution in [3.63, 3.8) is 0 Å². The van der Waals surface area contributed by atoms with Crippen molar-refractivity contribution in [2.75, 3.05) is 51.0 Å². The maximum Gasteiger partial charge on any atom is 0.319 e. The summed E-state index contributed by atoms with van der Waals surface area (Å²) >= 11 is 6.73. The molecule has 9 rings (SSSR count). The minimum absolute atomic E-state index is 0.00448. The molecule has 2 atom stereocenters. The largest absolute Gasteiger partial charge is 0.475 e. The molecule has 7 heterocycles. The predicted molar refractivity (Wildman–Crippen MR) is 169 cm³/mol. The molecule has 45 heavy (non-hydrogen) atoms. The topological polar surface area (TPSA) is 102 Å². The second-order valence-corrected chi connectivity index (χ2v) is 13.9. The molecule has 3 aromatic heterocycles. The van der Waals surface area contributed by atoms with Gasteiger partial charge in [-0.25, -0.2) is 9.37 Å². The fourth-order valence-corrected chi connectivity index (χ4v) is 8.93. The van der Waals surface area contributed by atoms with Gasteiger partial charge in [0.05, 0.1) is 23.7 Å². The van der Waals surface area contributed by atoms with E-state index in [1.807, 2.05) is 0 Å². The first-order valence-corrected chi connectivity index (χ1v) is 16.8. The van der Waals surface area contributed by atoms with Gasteiger partial charge in [0.2, 0.25) is 5.88 Å². The predicted octanol–water partition coefficient (Wildman–Crippen LogP) is 5.80. The number of pyridine rings is 1. The van der Waals surface area contributed by atoms with E-state index in [4.69, 9.17) is 40.8 Å². The van der Waals surface area contributed by atoms with Crippen molar-refractivity contribution < 1.29 is 18.6 Å². The Kier molecular flexibility index (Phi) is 6.61. The molecule has 0 radical (unpaired) electrons. The summed E-state index contributed by atoms with van der Waals surface area (Å²) < 4.78 is 36.1. The third-order valence-electron chi connectivity index (χ3n) is 10.9. The fourth-order valence-electron chi connectivity index (χ4n) is 8.70. The van der Waals surface area contributed by atoms with E-state index in [0.717, 1.165) is 75.6 Å². The minimum Gasteiger partial charge on any atom is -0.475 e. The highest BCUT2D eigenvalue weighted by molar-refractivity contribution is 6.35. The molecule has 1 N–H and O–H groups in total. The number of aromatic nitrogens is 5. The second-order valence-electron chi connectivity index (χ2n) is 13.5. The molecule has 1 aliphatic carbocycles. The van der Waals surface area contributed by atoms with Gasteiger partial charge >= 0.3 is 6.01 Å². The van der Waals surface area contributed by atoms with E-state index in [0.29, 0.717) is 71.7 Å². The van der Waals surface area contributed by atoms with Crippen LogP contribution >= 0.6 is 11.6 Å². The fraction of sp³-hybridized carbons (Fsp3) is 0.576. The number of nitrogens with one attached hydrogen (secondary N) is 1. The van der Waals surface area contributed by atoms with Gasteiger partial charge in [0.15, 0.2) is 5.82 Å². The highest BCUT2D eigenvalue weighted by Gasteiger charge is 2.45. The van der Waals surface area contributed by atoms with Gasteiger partial charge in [0, 0.05) is 24.1 Å². The monoisotopic (exact) mass is 633 g/mol. The number of fused-ring (bicyclic) bond motifs is 5. The quantitative estimate of drug-likeness (QED) is 0.299. The van der Waals surface area contributed by atoms with Gasteiger partial charge in [-0.2, -0.15) is 15.1 Å². The van der Waals surface area contributed by atoms with Crippen molar-refractivity contribution in [2.24, 2.45) is 0 Å². The standard InChI is InChI=1S/C33H37ClFN7O3/c1-18-6-2-7-19-14-21-23(29(34)40-39-21)24(22(18)19)27-26(35)28-25-30(42-12-5-13-43-15-20(42)16-44-31(25)36-27)38-32(37-28)45-17-33-8-3-10-41(33)11-4-9-33/h14,18,20H,2-13,15-17H2,1H3,(H,39,40)/t18?,20-/m0/s1. The Balaban J connectivity index is 1.27. The molecule has 1 unspecified atom stereocenters. The molecule has 0 amide bonds. The van der Waals surface area contributed by atoms with Gasteiger partial charge in [0.25, 0.3) is 0 Å². The van der Waals surface area contributed by atoms with Crippen LogP contribution in [0.5, 0.6) is 11.9 Å². The van der Waals surface area contributed by atoms with Gasteiger partial charge in [-0.3, -0.25) is 10.00 Å². The van der Waals surface area contributed by atoms with Crippen LogP contribution < -0.4 is 14.4 Å². The molecule has 12 heteroatoms. The molecular formula is C33H37ClFN7O3. The first kappa shape index (κ1) is 28.0. The van der Waals surface area contributed by atoms with Crippen LogP contribution in [0.3, 0.4) is 0 Å². The Morgan fingerprint density at radius 3 is 2.82 bits per heavy atom. The molecule has 3 saturated heterocycles. The summed E-state index contributed by atoms with van der Waals surface area (Å²) in [5.74, 6) is 0.590. The lowest BCUT2D eigenvalue weighted by molar-refractivity contribution is 0.107. The zero-order chi connectivity index (χ0) is 30.3. The molecule has 0 saturated carbocycles. The van der Waals surface area contributed by atoms with E-state index >= 15 is 4.39 Å². The molecule has 0 spiro atoms. The highest BCUT2D eigenvalue weighted by Crippen LogP contribution is 2.48. The number of rotatable bonds is 4. The summed E-state index contributed by atoms with van der Waals surface area (Å²) in [4.78, 5) is 19.4. The number of benzene rings is 1. The Labute approximate surface area is 265 Å². The van der Waals surface area contributed by atoms with E-state index in [-0.39, 0.29) is 34.7 Å². The van der Waals surface area contributed by atoms with Crippen molar-refractivity contribution in [1.82, 2.24) is 30.0 Å². The van der Waals surface area contributed by atoms with Gasteiger partial charge in [-0.1, -0.05) is 18.5 Å². The number of anilines is 1. The van der Waals surface area contributed by atoms with Crippen LogP contribution in [0.25, 0.3) is 33.1 Å². The summed E-state index contributed by atoms with van der Waals surface area (Å²) in [7, 11) is 0. The van der Waals surface area contributed by atoms with E-state index in [2.05, 4.69) is 33.0 Å². The van der Waals surface area contributed by atoms with Gasteiger partial charge in [-0.05, 0) is 87.6 Å². The second kappa shape index (κ2) is 10.6. The van der Waals surface area contributed by atoms with Crippen molar-refractivity contribution in [3.8, 4) is 23.1 Å². The zero-order valence-corrected chi connectivity index (χ0v) is 26.3. The van der Waals surface area contributed by atoms with Crippen LogP contribution in [-0.4, -0.2) is 87.7 Å². The normalized spacial score (nSPS) is 24.2. The number of halogens is 2. The number of aromatic amines is 1. The smallest absolute Gasteiger partial charge is 0.319 e. The molecule has 5 aliphatic rings. The number of nitrogens with zero attached hydrogens (tertiary/aromatic N) is 6. The van der Waals surface area contributed by atoms with Gasteiger partial charge in [0.1, 0.15) is 40.8 Å². The summed E-state index contributed by atoms with van der Waals surface area (Å²) in [6, 6.07) is 2.17. The van der Waals surface area contributed by atoms with Crippen molar-refractivity contribution >= 4 is 39.2 Å². The molecule has 3 fully saturated rings. The molecular weight excluding hydrogens is 597 g/mol. The Morgan fingerprint density at radius 2 is 1.96 bits per heavy atom. The van der Waals surface area contributed by atoms with Crippen LogP contribution in [0.4, 0.5) is 10.2 Å². The van der Waals surface area contributed by atoms with E-state index in [1.165, 1.54) is 0 Å². The number of hydrogen-bond acceptors (Lipinski definition) is 9. The lowest BCUT2D eigenvalue weighted by atomic mass is 9.79. The third kappa shape index (κ3) is 4.33. The molecule has 4 aliphatic heterocycles. The van der Waals surface area contributed by atoms with E-state index in [1.54, 1.807) is 0 Å². The van der Waals surface area contributed by atoms with E-state index < -0.39 is 5.82 Å². The summed E-state index contributed by atoms with van der Waals surface area (Å²) in [5.41, 5.74) is 3.93. The highest BCUT2D eigenvalue weighted by atomic mass is 35.5. The van der Waals surface area contributed by atoms with Crippen LogP contribution in [-0.2, 0) is 11.2 Å². The number of hydrogen-bond donors (Lipinski definition) is 1. The minimum atomic E-state index is -0.526. The molecule has 1 aromatic carbocycles. The number of H-pyrrole nitrogens is 1.